The Bertz CT molecular complexity index is 1970. The Morgan fingerprint density at radius 1 is 0.867 bits per heavy atom. The summed E-state index contributed by atoms with van der Waals surface area (Å²) in [4.78, 5) is 63.2. The second kappa shape index (κ2) is 11.8. The highest BCUT2D eigenvalue weighted by Crippen LogP contribution is 2.32. The summed E-state index contributed by atoms with van der Waals surface area (Å²) in [5.74, 6) is -1.39. The number of aromatic amines is 1. The van der Waals surface area contributed by atoms with Crippen molar-refractivity contribution < 1.29 is 23.9 Å². The van der Waals surface area contributed by atoms with E-state index in [-0.39, 0.29) is 24.0 Å². The van der Waals surface area contributed by atoms with Crippen molar-refractivity contribution >= 4 is 56.9 Å². The van der Waals surface area contributed by atoms with E-state index in [1.54, 1.807) is 24.4 Å². The van der Waals surface area contributed by atoms with Crippen LogP contribution >= 0.6 is 0 Å². The van der Waals surface area contributed by atoms with Gasteiger partial charge in [0.2, 0.25) is 11.8 Å². The van der Waals surface area contributed by atoms with Crippen LogP contribution in [0.3, 0.4) is 0 Å². The lowest BCUT2D eigenvalue weighted by Gasteiger charge is -2.27. The number of benzene rings is 2. The van der Waals surface area contributed by atoms with Crippen LogP contribution in [0.25, 0.3) is 32.9 Å². The third kappa shape index (κ3) is 5.36. The summed E-state index contributed by atoms with van der Waals surface area (Å²) in [5.41, 5.74) is 5.13. The van der Waals surface area contributed by atoms with Crippen molar-refractivity contribution in [3.8, 4) is 11.1 Å². The number of hydrogen-bond donors (Lipinski definition) is 4. The van der Waals surface area contributed by atoms with Gasteiger partial charge in [0.15, 0.2) is 0 Å². The molecular weight excluding hydrogens is 574 g/mol. The first-order chi connectivity index (χ1) is 22.0. The third-order valence-electron chi connectivity index (χ3n) is 8.08. The summed E-state index contributed by atoms with van der Waals surface area (Å²) in [5, 5.41) is 10.9. The Hall–Kier alpha value is -5.62. The number of H-pyrrole nitrogens is 1. The molecule has 226 valence electrons. The summed E-state index contributed by atoms with van der Waals surface area (Å²) in [7, 11) is 0. The van der Waals surface area contributed by atoms with Crippen molar-refractivity contribution in [2.24, 2.45) is 0 Å². The van der Waals surface area contributed by atoms with Crippen LogP contribution in [-0.2, 0) is 14.3 Å². The Kier molecular flexibility index (Phi) is 7.39. The molecule has 1 atom stereocenters. The van der Waals surface area contributed by atoms with Crippen LogP contribution in [0.5, 0.6) is 0 Å². The molecule has 3 aromatic heterocycles. The maximum atomic E-state index is 13.2. The monoisotopic (exact) mass is 603 g/mol. The predicted molar refractivity (Wildman–Crippen MR) is 168 cm³/mol. The van der Waals surface area contributed by atoms with Gasteiger partial charge in [0, 0.05) is 71.2 Å². The van der Waals surface area contributed by atoms with E-state index in [0.29, 0.717) is 32.0 Å². The number of piperidine rings is 1. The molecule has 5 heterocycles. The van der Waals surface area contributed by atoms with Gasteiger partial charge in [-0.3, -0.25) is 34.4 Å². The summed E-state index contributed by atoms with van der Waals surface area (Å²) in [6.45, 7) is 1.75. The second-order valence-electron chi connectivity index (χ2n) is 10.9. The molecule has 1 saturated heterocycles. The Labute approximate surface area is 257 Å². The van der Waals surface area contributed by atoms with Crippen LogP contribution in [0.4, 0.5) is 11.5 Å². The lowest BCUT2D eigenvalue weighted by molar-refractivity contribution is -0.136. The third-order valence-corrected chi connectivity index (χ3v) is 8.08. The molecule has 1 unspecified atom stereocenters. The molecule has 45 heavy (non-hydrogen) atoms. The molecule has 5 aromatic rings. The van der Waals surface area contributed by atoms with Gasteiger partial charge in [-0.1, -0.05) is 18.2 Å². The number of rotatable bonds is 10. The van der Waals surface area contributed by atoms with Crippen LogP contribution in [0, 0.1) is 0 Å². The van der Waals surface area contributed by atoms with Crippen molar-refractivity contribution in [3.63, 3.8) is 0 Å². The van der Waals surface area contributed by atoms with E-state index in [2.05, 4.69) is 49.1 Å². The molecule has 12 nitrogen and oxygen atoms in total. The number of nitrogens with zero attached hydrogens (tertiary/aromatic N) is 3. The number of hydrogen-bond acceptors (Lipinski definition) is 9. The van der Waals surface area contributed by atoms with Crippen molar-refractivity contribution in [2.45, 2.75) is 18.9 Å². The number of imide groups is 2. The van der Waals surface area contributed by atoms with Gasteiger partial charge in [0.25, 0.3) is 11.8 Å². The van der Waals surface area contributed by atoms with Gasteiger partial charge in [0.05, 0.1) is 24.3 Å². The van der Waals surface area contributed by atoms with E-state index in [0.717, 1.165) is 43.7 Å². The van der Waals surface area contributed by atoms with E-state index in [1.807, 2.05) is 30.6 Å². The van der Waals surface area contributed by atoms with Crippen molar-refractivity contribution in [1.82, 2.24) is 25.2 Å². The lowest BCUT2D eigenvalue weighted by Crippen LogP contribution is -2.54. The molecule has 1 fully saturated rings. The topological polar surface area (TPSA) is 158 Å². The summed E-state index contributed by atoms with van der Waals surface area (Å²) >= 11 is 0. The van der Waals surface area contributed by atoms with E-state index < -0.39 is 29.7 Å². The molecule has 4 amide bonds. The fourth-order valence-electron chi connectivity index (χ4n) is 5.87. The zero-order valence-electron chi connectivity index (χ0n) is 24.1. The van der Waals surface area contributed by atoms with Gasteiger partial charge in [-0.05, 0) is 48.4 Å². The Morgan fingerprint density at radius 2 is 1.71 bits per heavy atom. The number of carbonyl (C=O) groups excluding carboxylic acids is 4. The molecule has 0 aliphatic carbocycles. The quantitative estimate of drug-likeness (QED) is 0.138. The van der Waals surface area contributed by atoms with Gasteiger partial charge in [-0.25, -0.2) is 4.98 Å². The van der Waals surface area contributed by atoms with Crippen molar-refractivity contribution in [1.29, 1.82) is 0 Å². The molecule has 0 spiro atoms. The standard InChI is InChI=1S/C33H29N7O5/c41-29-9-7-27(31(42)39-29)40-32(43)22-2-1-3-25(30(22)33(40)44)35-12-14-45-15-13-36-28-8-5-20(17-37-28)19-4-6-21-23-18-34-11-10-24(23)38-26(21)16-19/h1-6,8,10-11,16-18,27,35,38H,7,9,12-15H2,(H,36,37)(H,39,41,42). The fraction of sp³-hybridized carbons (Fsp3) is 0.212. The minimum absolute atomic E-state index is 0.0734. The minimum atomic E-state index is -1.00. The zero-order valence-corrected chi connectivity index (χ0v) is 24.1. The molecule has 7 rings (SSSR count). The molecule has 2 aliphatic rings. The lowest BCUT2D eigenvalue weighted by atomic mass is 10.0. The zero-order chi connectivity index (χ0) is 30.9. The number of nitrogens with one attached hydrogen (secondary N) is 4. The van der Waals surface area contributed by atoms with E-state index in [1.165, 1.54) is 0 Å². The van der Waals surface area contributed by atoms with Crippen molar-refractivity contribution in [3.05, 3.63) is 84.3 Å². The Morgan fingerprint density at radius 3 is 2.53 bits per heavy atom. The Balaban J connectivity index is 0.882. The number of pyridine rings is 2. The van der Waals surface area contributed by atoms with Crippen LogP contribution < -0.4 is 16.0 Å². The minimum Gasteiger partial charge on any atom is -0.382 e. The number of carbonyl (C=O) groups is 4. The molecule has 0 bridgehead atoms. The average molecular weight is 604 g/mol. The number of amides is 4. The highest BCUT2D eigenvalue weighted by atomic mass is 16.5. The van der Waals surface area contributed by atoms with Gasteiger partial charge >= 0.3 is 0 Å². The first-order valence-corrected chi connectivity index (χ1v) is 14.7. The molecule has 2 aromatic carbocycles. The SMILES string of the molecule is O=C1CCC(N2C(=O)c3cccc(NCCOCCNc4ccc(-c5ccc6c(c5)[nH]c5ccncc56)cn4)c3C2=O)C(=O)N1. The molecule has 2 aliphatic heterocycles. The van der Waals surface area contributed by atoms with Crippen molar-refractivity contribution in [2.75, 3.05) is 36.9 Å². The molecule has 12 heteroatoms. The number of fused-ring (bicyclic) bond motifs is 4. The van der Waals surface area contributed by atoms with Gasteiger partial charge < -0.3 is 20.4 Å². The molecule has 0 saturated carbocycles. The summed E-state index contributed by atoms with van der Waals surface area (Å²) in [6, 6.07) is 16.2. The molecule has 4 N–H and O–H groups in total. The smallest absolute Gasteiger partial charge is 0.264 e. The highest BCUT2D eigenvalue weighted by molar-refractivity contribution is 6.25. The predicted octanol–water partition coefficient (Wildman–Crippen LogP) is 3.72. The van der Waals surface area contributed by atoms with Gasteiger partial charge in [0.1, 0.15) is 11.9 Å². The van der Waals surface area contributed by atoms with Crippen LogP contribution in [-0.4, -0.2) is 75.8 Å². The summed E-state index contributed by atoms with van der Waals surface area (Å²) in [6.07, 6.45) is 5.67. The average Bonchev–Trinajstić information content (AvgIpc) is 3.55. The van der Waals surface area contributed by atoms with Gasteiger partial charge in [-0.15, -0.1) is 0 Å². The largest absolute Gasteiger partial charge is 0.382 e. The summed E-state index contributed by atoms with van der Waals surface area (Å²) < 4.78 is 5.74. The number of anilines is 2. The normalized spacial score (nSPS) is 16.4. The fourth-order valence-corrected chi connectivity index (χ4v) is 5.87. The van der Waals surface area contributed by atoms with E-state index >= 15 is 0 Å². The first kappa shape index (κ1) is 28.2. The molecule has 0 radical (unpaired) electrons. The number of ether oxygens (including phenoxy) is 1. The second-order valence-corrected chi connectivity index (χ2v) is 10.9. The highest BCUT2D eigenvalue weighted by Gasteiger charge is 2.45. The van der Waals surface area contributed by atoms with E-state index in [9.17, 15) is 19.2 Å². The van der Waals surface area contributed by atoms with Crippen LogP contribution in [0.1, 0.15) is 33.6 Å². The van der Waals surface area contributed by atoms with Gasteiger partial charge in [-0.2, -0.15) is 0 Å². The maximum absolute atomic E-state index is 13.2. The van der Waals surface area contributed by atoms with E-state index in [4.69, 9.17) is 4.74 Å². The molecular formula is C33H29N7O5. The van der Waals surface area contributed by atoms with Crippen LogP contribution in [0.2, 0.25) is 0 Å². The number of aromatic nitrogens is 3. The first-order valence-electron chi connectivity index (χ1n) is 14.7. The maximum Gasteiger partial charge on any atom is 0.264 e. The van der Waals surface area contributed by atoms with Crippen LogP contribution in [0.15, 0.2) is 73.2 Å².